The fraction of sp³-hybridized carbons (Fsp3) is 0.421. The molecule has 6 heteroatoms. The van der Waals surface area contributed by atoms with Crippen LogP contribution in [0.15, 0.2) is 28.7 Å². The Hall–Kier alpha value is -1.95. The average molecular weight is 400 g/mol. The lowest BCUT2D eigenvalue weighted by atomic mass is 9.96. The molecular weight excluding hydrogens is 378 g/mol. The van der Waals surface area contributed by atoms with E-state index in [-0.39, 0.29) is 0 Å². The van der Waals surface area contributed by atoms with Crippen LogP contribution in [0.4, 0.5) is 5.69 Å². The van der Waals surface area contributed by atoms with E-state index in [4.69, 9.17) is 0 Å². The molecule has 0 N–H and O–H groups in total. The van der Waals surface area contributed by atoms with Crippen molar-refractivity contribution in [2.45, 2.75) is 33.6 Å². The summed E-state index contributed by atoms with van der Waals surface area (Å²) in [5.74, 6) is 2.12. The van der Waals surface area contributed by atoms with Gasteiger partial charge in [-0.15, -0.1) is 0 Å². The molecule has 5 nitrogen and oxygen atoms in total. The van der Waals surface area contributed by atoms with E-state index < -0.39 is 0 Å². The van der Waals surface area contributed by atoms with Crippen molar-refractivity contribution < 1.29 is 0 Å². The summed E-state index contributed by atoms with van der Waals surface area (Å²) < 4.78 is 3.01. The Kier molecular flexibility index (Phi) is 4.23. The van der Waals surface area contributed by atoms with Crippen molar-refractivity contribution in [2.75, 3.05) is 18.0 Å². The first-order valence-corrected chi connectivity index (χ1v) is 9.50. The van der Waals surface area contributed by atoms with E-state index in [0.29, 0.717) is 11.7 Å². The molecule has 1 saturated heterocycles. The molecule has 1 aliphatic rings. The Labute approximate surface area is 156 Å². The Balaban J connectivity index is 1.55. The molecule has 1 aromatic carbocycles. The predicted molar refractivity (Wildman–Crippen MR) is 103 cm³/mol. The van der Waals surface area contributed by atoms with Gasteiger partial charge in [0.15, 0.2) is 0 Å². The molecule has 0 unspecified atom stereocenters. The second-order valence-electron chi connectivity index (χ2n) is 6.91. The van der Waals surface area contributed by atoms with Gasteiger partial charge in [-0.1, -0.05) is 15.9 Å². The molecule has 3 aromatic rings. The Bertz CT molecular complexity index is 916. The molecular formula is C19H22BrN5. The van der Waals surface area contributed by atoms with E-state index in [1.165, 1.54) is 23.4 Å². The van der Waals surface area contributed by atoms with Crippen molar-refractivity contribution >= 4 is 27.4 Å². The Morgan fingerprint density at radius 3 is 2.64 bits per heavy atom. The zero-order valence-corrected chi connectivity index (χ0v) is 16.4. The molecule has 25 heavy (non-hydrogen) atoms. The van der Waals surface area contributed by atoms with Crippen LogP contribution in [0, 0.1) is 26.7 Å². The Morgan fingerprint density at radius 1 is 1.12 bits per heavy atom. The van der Waals surface area contributed by atoms with Crippen LogP contribution in [0.2, 0.25) is 0 Å². The maximum Gasteiger partial charge on any atom is 0.252 e. The highest BCUT2D eigenvalue weighted by atomic mass is 79.9. The maximum absolute atomic E-state index is 4.66. The van der Waals surface area contributed by atoms with Gasteiger partial charge in [-0.2, -0.15) is 10.1 Å². The SMILES string of the molecule is Cc1nc2nc(C)c(C[C@@H]3CCN(c4ccc(Br)cc4)C3)c(C)n2n1. The van der Waals surface area contributed by atoms with Gasteiger partial charge in [0.2, 0.25) is 0 Å². The molecule has 1 atom stereocenters. The van der Waals surface area contributed by atoms with Gasteiger partial charge in [-0.25, -0.2) is 9.50 Å². The van der Waals surface area contributed by atoms with Crippen molar-refractivity contribution in [1.29, 1.82) is 0 Å². The molecule has 3 heterocycles. The van der Waals surface area contributed by atoms with Gasteiger partial charge in [0, 0.05) is 34.6 Å². The van der Waals surface area contributed by atoms with E-state index in [2.05, 4.69) is 74.0 Å². The summed E-state index contributed by atoms with van der Waals surface area (Å²) in [4.78, 5) is 11.5. The number of halogens is 1. The average Bonchev–Trinajstić information content (AvgIpc) is 3.18. The zero-order valence-electron chi connectivity index (χ0n) is 14.8. The molecule has 0 amide bonds. The first kappa shape index (κ1) is 16.5. The number of hydrogen-bond donors (Lipinski definition) is 0. The second kappa shape index (κ2) is 6.41. The zero-order chi connectivity index (χ0) is 17.6. The highest BCUT2D eigenvalue weighted by Crippen LogP contribution is 2.28. The van der Waals surface area contributed by atoms with E-state index in [1.54, 1.807) is 0 Å². The van der Waals surface area contributed by atoms with Gasteiger partial charge in [-0.3, -0.25) is 0 Å². The summed E-state index contributed by atoms with van der Waals surface area (Å²) in [6.07, 6.45) is 2.26. The van der Waals surface area contributed by atoms with E-state index in [0.717, 1.165) is 35.5 Å². The van der Waals surface area contributed by atoms with Crippen molar-refractivity contribution in [3.05, 3.63) is 51.5 Å². The summed E-state index contributed by atoms with van der Waals surface area (Å²) in [6.45, 7) is 8.34. The van der Waals surface area contributed by atoms with Gasteiger partial charge in [0.1, 0.15) is 5.82 Å². The highest BCUT2D eigenvalue weighted by Gasteiger charge is 2.25. The van der Waals surface area contributed by atoms with E-state index >= 15 is 0 Å². The third kappa shape index (κ3) is 3.15. The lowest BCUT2D eigenvalue weighted by Crippen LogP contribution is -2.20. The van der Waals surface area contributed by atoms with Gasteiger partial charge in [0.25, 0.3) is 5.78 Å². The van der Waals surface area contributed by atoms with Crippen LogP contribution in [0.3, 0.4) is 0 Å². The number of fused-ring (bicyclic) bond motifs is 1. The molecule has 1 fully saturated rings. The number of hydrogen-bond acceptors (Lipinski definition) is 4. The quantitative estimate of drug-likeness (QED) is 0.670. The summed E-state index contributed by atoms with van der Waals surface area (Å²) in [5.41, 5.74) is 4.88. The van der Waals surface area contributed by atoms with E-state index in [9.17, 15) is 0 Å². The fourth-order valence-electron chi connectivity index (χ4n) is 3.78. The summed E-state index contributed by atoms with van der Waals surface area (Å²) in [7, 11) is 0. The number of aromatic nitrogens is 4. The number of anilines is 1. The first-order valence-electron chi connectivity index (χ1n) is 8.71. The van der Waals surface area contributed by atoms with Crippen LogP contribution in [-0.2, 0) is 6.42 Å². The summed E-state index contributed by atoms with van der Waals surface area (Å²) in [5, 5.41) is 4.49. The normalized spacial score (nSPS) is 17.6. The molecule has 4 rings (SSSR count). The van der Waals surface area contributed by atoms with Crippen molar-refractivity contribution in [1.82, 2.24) is 19.6 Å². The lowest BCUT2D eigenvalue weighted by molar-refractivity contribution is 0.577. The van der Waals surface area contributed by atoms with Crippen LogP contribution in [0.25, 0.3) is 5.78 Å². The topological polar surface area (TPSA) is 46.3 Å². The van der Waals surface area contributed by atoms with Crippen LogP contribution in [0.5, 0.6) is 0 Å². The van der Waals surface area contributed by atoms with Gasteiger partial charge in [-0.05, 0) is 69.4 Å². The predicted octanol–water partition coefficient (Wildman–Crippen LogP) is 3.88. The monoisotopic (exact) mass is 399 g/mol. The van der Waals surface area contributed by atoms with E-state index in [1.807, 2.05) is 11.4 Å². The molecule has 2 aromatic heterocycles. The van der Waals surface area contributed by atoms with Gasteiger partial charge < -0.3 is 4.90 Å². The molecule has 0 saturated carbocycles. The second-order valence-corrected chi connectivity index (χ2v) is 7.83. The summed E-state index contributed by atoms with van der Waals surface area (Å²) >= 11 is 3.51. The molecule has 130 valence electrons. The molecule has 1 aliphatic heterocycles. The Morgan fingerprint density at radius 2 is 1.88 bits per heavy atom. The van der Waals surface area contributed by atoms with Crippen molar-refractivity contribution in [3.8, 4) is 0 Å². The molecule has 0 radical (unpaired) electrons. The number of rotatable bonds is 3. The summed E-state index contributed by atoms with van der Waals surface area (Å²) in [6, 6.07) is 8.60. The smallest absolute Gasteiger partial charge is 0.252 e. The minimum Gasteiger partial charge on any atom is -0.371 e. The van der Waals surface area contributed by atoms with Crippen molar-refractivity contribution in [2.24, 2.45) is 5.92 Å². The van der Waals surface area contributed by atoms with Gasteiger partial charge in [0.05, 0.1) is 0 Å². The fourth-order valence-corrected chi connectivity index (χ4v) is 4.04. The third-order valence-corrected chi connectivity index (χ3v) is 5.65. The van der Waals surface area contributed by atoms with Crippen LogP contribution >= 0.6 is 15.9 Å². The maximum atomic E-state index is 4.66. The number of aryl methyl sites for hydroxylation is 3. The molecule has 0 bridgehead atoms. The standard InChI is InChI=1S/C19H22BrN5/c1-12-18(13(2)25-19(21-12)22-14(3)23-25)10-15-8-9-24(11-15)17-6-4-16(20)5-7-17/h4-7,15H,8-11H2,1-3H3/t15-/m0/s1. The molecule has 0 spiro atoms. The van der Waals surface area contributed by atoms with Crippen LogP contribution in [0.1, 0.15) is 29.2 Å². The largest absolute Gasteiger partial charge is 0.371 e. The van der Waals surface area contributed by atoms with Gasteiger partial charge >= 0.3 is 0 Å². The van der Waals surface area contributed by atoms with Crippen LogP contribution in [-0.4, -0.2) is 32.7 Å². The first-order chi connectivity index (χ1) is 12.0. The number of nitrogens with zero attached hydrogens (tertiary/aromatic N) is 5. The number of benzene rings is 1. The minimum absolute atomic E-state index is 0.643. The minimum atomic E-state index is 0.643. The highest BCUT2D eigenvalue weighted by molar-refractivity contribution is 9.10. The molecule has 0 aliphatic carbocycles. The third-order valence-electron chi connectivity index (χ3n) is 5.13. The lowest BCUT2D eigenvalue weighted by Gasteiger charge is -2.19. The van der Waals surface area contributed by atoms with Crippen molar-refractivity contribution in [3.63, 3.8) is 0 Å². The van der Waals surface area contributed by atoms with Crippen LogP contribution < -0.4 is 4.90 Å².